The highest BCUT2D eigenvalue weighted by atomic mass is 127. The first-order valence-corrected chi connectivity index (χ1v) is 8.14. The summed E-state index contributed by atoms with van der Waals surface area (Å²) in [6.07, 6.45) is 0.251. The molecule has 2 fully saturated rings. The molecule has 1 saturated heterocycles. The second-order valence-corrected chi connectivity index (χ2v) is 6.48. The van der Waals surface area contributed by atoms with E-state index in [1.54, 1.807) is 0 Å². The second-order valence-electron chi connectivity index (χ2n) is 6.48. The highest BCUT2D eigenvalue weighted by molar-refractivity contribution is 14.0. The van der Waals surface area contributed by atoms with Gasteiger partial charge in [0, 0.05) is 19.6 Å². The number of aliphatic imine (C=N–C) groups is 1. The fraction of sp³-hybridized carbons (Fsp3) is 0.933. The van der Waals surface area contributed by atoms with E-state index in [9.17, 15) is 13.2 Å². The third kappa shape index (κ3) is 5.65. The fourth-order valence-electron chi connectivity index (χ4n) is 3.53. The lowest BCUT2D eigenvalue weighted by molar-refractivity contribution is -0.199. The molecule has 8 heteroatoms. The number of alkyl halides is 3. The Balaban J connectivity index is 0.00000264. The summed E-state index contributed by atoms with van der Waals surface area (Å²) >= 11 is 0. The molecule has 0 amide bonds. The molecule has 1 aliphatic heterocycles. The molecule has 136 valence electrons. The molecule has 1 heterocycles. The number of guanidine groups is 1. The van der Waals surface area contributed by atoms with Crippen molar-refractivity contribution in [3.63, 3.8) is 0 Å². The van der Waals surface area contributed by atoms with Gasteiger partial charge < -0.3 is 15.3 Å². The Bertz CT molecular complexity index is 398. The number of aliphatic hydroxyl groups excluding tert-OH is 1. The third-order valence-electron chi connectivity index (χ3n) is 4.78. The Morgan fingerprint density at radius 2 is 1.91 bits per heavy atom. The largest absolute Gasteiger partial charge is 0.416 e. The van der Waals surface area contributed by atoms with Crippen LogP contribution in [0.25, 0.3) is 0 Å². The van der Waals surface area contributed by atoms with Gasteiger partial charge in [-0.3, -0.25) is 4.99 Å². The monoisotopic (exact) mass is 449 g/mol. The number of hydrogen-bond donors (Lipinski definition) is 2. The number of halogens is 4. The first-order chi connectivity index (χ1) is 10.4. The summed E-state index contributed by atoms with van der Waals surface area (Å²) in [6, 6.07) is 0. The summed E-state index contributed by atoms with van der Waals surface area (Å²) < 4.78 is 37.2. The van der Waals surface area contributed by atoms with Crippen LogP contribution in [0.4, 0.5) is 13.2 Å². The van der Waals surface area contributed by atoms with Gasteiger partial charge in [-0.1, -0.05) is 19.3 Å². The van der Waals surface area contributed by atoms with Crippen LogP contribution in [0.2, 0.25) is 0 Å². The molecule has 2 N–H and O–H groups in total. The van der Waals surface area contributed by atoms with Crippen molar-refractivity contribution in [3.05, 3.63) is 0 Å². The summed E-state index contributed by atoms with van der Waals surface area (Å²) in [5, 5.41) is 12.2. The number of aliphatic hydroxyl groups is 1. The molecule has 1 aliphatic carbocycles. The molecular weight excluding hydrogens is 422 g/mol. The summed E-state index contributed by atoms with van der Waals surface area (Å²) in [5.74, 6) is 0.494. The molecule has 2 aliphatic rings. The third-order valence-corrected chi connectivity index (χ3v) is 4.78. The van der Waals surface area contributed by atoms with Crippen molar-refractivity contribution < 1.29 is 18.3 Å². The Morgan fingerprint density at radius 3 is 2.48 bits per heavy atom. The molecule has 0 bridgehead atoms. The smallest absolute Gasteiger partial charge is 0.382 e. The SMILES string of the molecule is CCNC(=NCC(O)C(F)(F)F)N1CCC2(CCCCC2)C1.I. The lowest BCUT2D eigenvalue weighted by atomic mass is 9.73. The minimum atomic E-state index is -4.61. The standard InChI is InChI=1S/C15H26F3N3O.HI/c1-2-19-13(20-10-12(22)15(16,17)18)21-9-8-14(11-21)6-4-3-5-7-14;/h12,22H,2-11H2,1H3,(H,19,20);1H. The maximum absolute atomic E-state index is 12.4. The molecule has 0 radical (unpaired) electrons. The van der Waals surface area contributed by atoms with E-state index in [4.69, 9.17) is 5.11 Å². The van der Waals surface area contributed by atoms with Crippen molar-refractivity contribution in [1.29, 1.82) is 0 Å². The average molecular weight is 449 g/mol. The number of nitrogens with zero attached hydrogens (tertiary/aromatic N) is 2. The van der Waals surface area contributed by atoms with Crippen LogP contribution in [0.15, 0.2) is 4.99 Å². The van der Waals surface area contributed by atoms with Gasteiger partial charge in [-0.15, -0.1) is 24.0 Å². The van der Waals surface area contributed by atoms with Gasteiger partial charge in [0.05, 0.1) is 6.54 Å². The van der Waals surface area contributed by atoms with Crippen LogP contribution in [0.5, 0.6) is 0 Å². The van der Waals surface area contributed by atoms with E-state index < -0.39 is 18.8 Å². The van der Waals surface area contributed by atoms with E-state index in [1.807, 2.05) is 6.92 Å². The van der Waals surface area contributed by atoms with Crippen LogP contribution >= 0.6 is 24.0 Å². The molecule has 23 heavy (non-hydrogen) atoms. The Kier molecular flexibility index (Phi) is 7.89. The minimum Gasteiger partial charge on any atom is -0.382 e. The number of likely N-dealkylation sites (tertiary alicyclic amines) is 1. The quantitative estimate of drug-likeness (QED) is 0.396. The molecule has 1 unspecified atom stereocenters. The van der Waals surface area contributed by atoms with Gasteiger partial charge in [0.2, 0.25) is 0 Å². The van der Waals surface area contributed by atoms with E-state index in [-0.39, 0.29) is 24.0 Å². The maximum atomic E-state index is 12.4. The number of nitrogens with one attached hydrogen (secondary N) is 1. The predicted molar refractivity (Wildman–Crippen MR) is 95.2 cm³/mol. The molecule has 1 saturated carbocycles. The number of hydrogen-bond acceptors (Lipinski definition) is 2. The molecule has 1 atom stereocenters. The van der Waals surface area contributed by atoms with Gasteiger partial charge in [-0.25, -0.2) is 0 Å². The summed E-state index contributed by atoms with van der Waals surface area (Å²) in [5.41, 5.74) is 0.317. The van der Waals surface area contributed by atoms with Crippen LogP contribution < -0.4 is 5.32 Å². The van der Waals surface area contributed by atoms with Crippen molar-refractivity contribution >= 4 is 29.9 Å². The molecule has 0 aromatic rings. The van der Waals surface area contributed by atoms with Crippen LogP contribution in [-0.2, 0) is 0 Å². The Labute approximate surface area is 152 Å². The van der Waals surface area contributed by atoms with Crippen molar-refractivity contribution in [2.24, 2.45) is 10.4 Å². The van der Waals surface area contributed by atoms with E-state index in [1.165, 1.54) is 32.1 Å². The van der Waals surface area contributed by atoms with Crippen LogP contribution in [-0.4, -0.2) is 54.4 Å². The van der Waals surface area contributed by atoms with Crippen molar-refractivity contribution in [3.8, 4) is 0 Å². The zero-order chi connectivity index (χ0) is 16.2. The lowest BCUT2D eigenvalue weighted by Gasteiger charge is -2.33. The van der Waals surface area contributed by atoms with Gasteiger partial charge >= 0.3 is 6.18 Å². The fourth-order valence-corrected chi connectivity index (χ4v) is 3.53. The zero-order valence-electron chi connectivity index (χ0n) is 13.5. The average Bonchev–Trinajstić information content (AvgIpc) is 2.86. The highest BCUT2D eigenvalue weighted by Gasteiger charge is 2.41. The van der Waals surface area contributed by atoms with Gasteiger partial charge in [0.1, 0.15) is 0 Å². The molecule has 2 rings (SSSR count). The Morgan fingerprint density at radius 1 is 1.26 bits per heavy atom. The predicted octanol–water partition coefficient (Wildman–Crippen LogP) is 3.15. The molecular formula is C15H27F3IN3O. The van der Waals surface area contributed by atoms with Gasteiger partial charge in [0.15, 0.2) is 12.1 Å². The Hall–Kier alpha value is -0.250. The minimum absolute atomic E-state index is 0. The van der Waals surface area contributed by atoms with E-state index in [2.05, 4.69) is 15.2 Å². The van der Waals surface area contributed by atoms with Crippen LogP contribution in [0.1, 0.15) is 45.4 Å². The molecule has 1 spiro atoms. The van der Waals surface area contributed by atoms with Gasteiger partial charge in [0.25, 0.3) is 0 Å². The summed E-state index contributed by atoms with van der Waals surface area (Å²) in [4.78, 5) is 6.05. The molecule has 0 aromatic carbocycles. The maximum Gasteiger partial charge on any atom is 0.416 e. The topological polar surface area (TPSA) is 47.9 Å². The van der Waals surface area contributed by atoms with Crippen molar-refractivity contribution in [2.45, 2.75) is 57.7 Å². The van der Waals surface area contributed by atoms with Crippen LogP contribution in [0.3, 0.4) is 0 Å². The van der Waals surface area contributed by atoms with E-state index in [0.717, 1.165) is 19.5 Å². The van der Waals surface area contributed by atoms with E-state index in [0.29, 0.717) is 17.9 Å². The van der Waals surface area contributed by atoms with Gasteiger partial charge in [-0.05, 0) is 31.6 Å². The number of rotatable bonds is 3. The normalized spacial score (nSPS) is 22.8. The highest BCUT2D eigenvalue weighted by Crippen LogP contribution is 2.43. The summed E-state index contributed by atoms with van der Waals surface area (Å²) in [7, 11) is 0. The second kappa shape index (κ2) is 8.73. The lowest BCUT2D eigenvalue weighted by Crippen LogP contribution is -2.42. The van der Waals surface area contributed by atoms with Crippen molar-refractivity contribution in [2.75, 3.05) is 26.2 Å². The van der Waals surface area contributed by atoms with Gasteiger partial charge in [-0.2, -0.15) is 13.2 Å². The molecule has 0 aromatic heterocycles. The zero-order valence-corrected chi connectivity index (χ0v) is 15.9. The molecule has 4 nitrogen and oxygen atoms in total. The first-order valence-electron chi connectivity index (χ1n) is 8.14. The summed E-state index contributed by atoms with van der Waals surface area (Å²) in [6.45, 7) is 3.54. The van der Waals surface area contributed by atoms with Crippen LogP contribution in [0, 0.1) is 5.41 Å². The first kappa shape index (κ1) is 20.8. The van der Waals surface area contributed by atoms with E-state index >= 15 is 0 Å². The van der Waals surface area contributed by atoms with Crippen molar-refractivity contribution in [1.82, 2.24) is 10.2 Å².